The van der Waals surface area contributed by atoms with Gasteiger partial charge in [0.15, 0.2) is 0 Å². The van der Waals surface area contributed by atoms with Crippen LogP contribution in [0.2, 0.25) is 0 Å². The lowest BCUT2D eigenvalue weighted by Gasteiger charge is -1.99. The number of aromatic amines is 1. The molecule has 0 atom stereocenters. The molecule has 2 aromatic rings. The van der Waals surface area contributed by atoms with Gasteiger partial charge in [-0.2, -0.15) is 0 Å². The molecule has 0 saturated heterocycles. The summed E-state index contributed by atoms with van der Waals surface area (Å²) in [7, 11) is 0. The Labute approximate surface area is 88.1 Å². The number of nitrogens with one attached hydrogen (secondary N) is 1. The van der Waals surface area contributed by atoms with E-state index in [1.807, 2.05) is 0 Å². The number of aromatic nitrogens is 2. The predicted molar refractivity (Wildman–Crippen MR) is 55.0 cm³/mol. The molecule has 0 radical (unpaired) electrons. The molecule has 0 aliphatic heterocycles. The Morgan fingerprint density at radius 2 is 2.36 bits per heavy atom. The van der Waals surface area contributed by atoms with Gasteiger partial charge in [0.1, 0.15) is 16.6 Å². The number of nitrogens with zero attached hydrogens (tertiary/aromatic N) is 1. The number of rotatable bonds is 1. The Morgan fingerprint density at radius 1 is 1.57 bits per heavy atom. The van der Waals surface area contributed by atoms with Gasteiger partial charge in [0.05, 0.1) is 17.5 Å². The number of halogens is 1. The average molecular weight is 255 g/mol. The summed E-state index contributed by atoms with van der Waals surface area (Å²) in [4.78, 5) is 18.2. The third-order valence-electron chi connectivity index (χ3n) is 1.82. The first-order valence-electron chi connectivity index (χ1n) is 3.97. The van der Waals surface area contributed by atoms with E-state index in [1.165, 1.54) is 12.5 Å². The first-order valence-corrected chi connectivity index (χ1v) is 4.77. The van der Waals surface area contributed by atoms with Crippen LogP contribution in [0.5, 0.6) is 0 Å². The maximum absolute atomic E-state index is 11.4. The van der Waals surface area contributed by atoms with Crippen LogP contribution in [-0.2, 0) is 0 Å². The molecule has 14 heavy (non-hydrogen) atoms. The van der Waals surface area contributed by atoms with E-state index in [2.05, 4.69) is 25.9 Å². The fourth-order valence-corrected chi connectivity index (χ4v) is 1.30. The van der Waals surface area contributed by atoms with Gasteiger partial charge in [-0.3, -0.25) is 4.79 Å². The van der Waals surface area contributed by atoms with Gasteiger partial charge in [0.25, 0.3) is 5.56 Å². The second kappa shape index (κ2) is 3.42. The Hall–Kier alpha value is -1.36. The Morgan fingerprint density at radius 3 is 2.93 bits per heavy atom. The minimum atomic E-state index is -0.186. The quantitative estimate of drug-likeness (QED) is 0.848. The van der Waals surface area contributed by atoms with Crippen LogP contribution >= 0.6 is 15.9 Å². The van der Waals surface area contributed by atoms with Crippen molar-refractivity contribution in [2.24, 2.45) is 0 Å². The fraction of sp³-hybridized carbons (Fsp3) is 0.111. The largest absolute Gasteiger partial charge is 0.472 e. The van der Waals surface area contributed by atoms with Gasteiger partial charge in [-0.1, -0.05) is 0 Å². The normalized spacial score (nSPS) is 10.4. The van der Waals surface area contributed by atoms with Crippen LogP contribution < -0.4 is 5.56 Å². The van der Waals surface area contributed by atoms with Crippen molar-refractivity contribution in [1.82, 2.24) is 9.97 Å². The van der Waals surface area contributed by atoms with Gasteiger partial charge in [-0.15, -0.1) is 0 Å². The zero-order chi connectivity index (χ0) is 10.1. The van der Waals surface area contributed by atoms with Crippen LogP contribution in [0.3, 0.4) is 0 Å². The maximum atomic E-state index is 11.4. The second-order valence-corrected chi connectivity index (χ2v) is 3.62. The number of hydrogen-bond donors (Lipinski definition) is 1. The molecule has 0 saturated carbocycles. The van der Waals surface area contributed by atoms with Crippen LogP contribution in [0.4, 0.5) is 0 Å². The summed E-state index contributed by atoms with van der Waals surface area (Å²) in [5, 5.41) is 0. The molecule has 0 amide bonds. The van der Waals surface area contributed by atoms with Crippen molar-refractivity contribution in [3.63, 3.8) is 0 Å². The molecule has 72 valence electrons. The molecule has 2 rings (SSSR count). The molecule has 0 fully saturated rings. The third-order valence-corrected chi connectivity index (χ3v) is 2.76. The SMILES string of the molecule is Cc1nc(-c2ccoc2)[nH]c(=O)c1Br. The molecule has 0 spiro atoms. The zero-order valence-electron chi connectivity index (χ0n) is 7.37. The van der Waals surface area contributed by atoms with E-state index in [-0.39, 0.29) is 5.56 Å². The molecule has 2 aromatic heterocycles. The van der Waals surface area contributed by atoms with Crippen LogP contribution in [0.1, 0.15) is 5.69 Å². The van der Waals surface area contributed by atoms with E-state index in [0.717, 1.165) is 5.56 Å². The Kier molecular flexibility index (Phi) is 2.25. The summed E-state index contributed by atoms with van der Waals surface area (Å²) in [6, 6.07) is 1.74. The smallest absolute Gasteiger partial charge is 0.265 e. The predicted octanol–water partition coefficient (Wildman–Crippen LogP) is 2.10. The molecule has 1 N–H and O–H groups in total. The van der Waals surface area contributed by atoms with E-state index in [9.17, 15) is 4.79 Å². The molecule has 0 aliphatic carbocycles. The van der Waals surface area contributed by atoms with E-state index in [1.54, 1.807) is 13.0 Å². The molecular weight excluding hydrogens is 248 g/mol. The topological polar surface area (TPSA) is 58.9 Å². The van der Waals surface area contributed by atoms with Gasteiger partial charge in [0, 0.05) is 0 Å². The Bertz CT molecular complexity index is 502. The summed E-state index contributed by atoms with van der Waals surface area (Å²) >= 11 is 3.15. The highest BCUT2D eigenvalue weighted by Gasteiger charge is 2.07. The Balaban J connectivity index is 2.63. The van der Waals surface area contributed by atoms with Crippen molar-refractivity contribution >= 4 is 15.9 Å². The highest BCUT2D eigenvalue weighted by Crippen LogP contribution is 2.16. The summed E-state index contributed by atoms with van der Waals surface area (Å²) in [6.07, 6.45) is 3.07. The van der Waals surface area contributed by atoms with E-state index in [0.29, 0.717) is 16.0 Å². The average Bonchev–Trinajstić information content (AvgIpc) is 2.66. The van der Waals surface area contributed by atoms with Crippen molar-refractivity contribution in [3.8, 4) is 11.4 Å². The van der Waals surface area contributed by atoms with E-state index in [4.69, 9.17) is 4.42 Å². The van der Waals surface area contributed by atoms with E-state index < -0.39 is 0 Å². The van der Waals surface area contributed by atoms with Gasteiger partial charge in [-0.05, 0) is 28.9 Å². The monoisotopic (exact) mass is 254 g/mol. The van der Waals surface area contributed by atoms with Gasteiger partial charge < -0.3 is 9.40 Å². The summed E-state index contributed by atoms with van der Waals surface area (Å²) in [5.41, 5.74) is 1.23. The van der Waals surface area contributed by atoms with Crippen molar-refractivity contribution in [2.45, 2.75) is 6.92 Å². The van der Waals surface area contributed by atoms with Crippen molar-refractivity contribution < 1.29 is 4.42 Å². The molecule has 0 bridgehead atoms. The maximum Gasteiger partial charge on any atom is 0.265 e. The number of furan rings is 1. The first kappa shape index (κ1) is 9.21. The molecule has 0 aromatic carbocycles. The van der Waals surface area contributed by atoms with Crippen LogP contribution in [0, 0.1) is 6.92 Å². The molecule has 5 heteroatoms. The minimum Gasteiger partial charge on any atom is -0.472 e. The zero-order valence-corrected chi connectivity index (χ0v) is 8.96. The standard InChI is InChI=1S/C9H7BrN2O2/c1-5-7(10)9(13)12-8(11-5)6-2-3-14-4-6/h2-4H,1H3,(H,11,12,13). The highest BCUT2D eigenvalue weighted by molar-refractivity contribution is 9.10. The van der Waals surface area contributed by atoms with Gasteiger partial charge >= 0.3 is 0 Å². The van der Waals surface area contributed by atoms with Crippen molar-refractivity contribution in [2.75, 3.05) is 0 Å². The van der Waals surface area contributed by atoms with Crippen LogP contribution in [-0.4, -0.2) is 9.97 Å². The first-order chi connectivity index (χ1) is 6.68. The molecule has 4 nitrogen and oxygen atoms in total. The molecule has 0 unspecified atom stereocenters. The lowest BCUT2D eigenvalue weighted by molar-refractivity contribution is 0.568. The highest BCUT2D eigenvalue weighted by atomic mass is 79.9. The fourth-order valence-electron chi connectivity index (χ4n) is 1.11. The lowest BCUT2D eigenvalue weighted by atomic mass is 10.3. The number of hydrogen-bond acceptors (Lipinski definition) is 3. The van der Waals surface area contributed by atoms with Crippen molar-refractivity contribution in [3.05, 3.63) is 39.1 Å². The molecule has 0 aliphatic rings. The van der Waals surface area contributed by atoms with Crippen LogP contribution in [0.15, 0.2) is 32.3 Å². The minimum absolute atomic E-state index is 0.186. The van der Waals surface area contributed by atoms with E-state index >= 15 is 0 Å². The summed E-state index contributed by atoms with van der Waals surface area (Å²) < 4.78 is 5.37. The number of H-pyrrole nitrogens is 1. The molecular formula is C9H7BrN2O2. The number of aryl methyl sites for hydroxylation is 1. The molecule has 2 heterocycles. The summed E-state index contributed by atoms with van der Waals surface area (Å²) in [6.45, 7) is 1.77. The van der Waals surface area contributed by atoms with Crippen molar-refractivity contribution in [1.29, 1.82) is 0 Å². The van der Waals surface area contributed by atoms with Gasteiger partial charge in [0.2, 0.25) is 0 Å². The second-order valence-electron chi connectivity index (χ2n) is 2.83. The van der Waals surface area contributed by atoms with Crippen LogP contribution in [0.25, 0.3) is 11.4 Å². The summed E-state index contributed by atoms with van der Waals surface area (Å²) in [5.74, 6) is 0.518. The lowest BCUT2D eigenvalue weighted by Crippen LogP contribution is -2.11. The third kappa shape index (κ3) is 1.50. The van der Waals surface area contributed by atoms with Gasteiger partial charge in [-0.25, -0.2) is 4.98 Å².